The first-order valence-electron chi connectivity index (χ1n) is 11.1. The van der Waals surface area contributed by atoms with Crippen molar-refractivity contribution in [3.05, 3.63) is 89.4 Å². The number of para-hydroxylation sites is 1. The molecular weight excluding hydrogens is 470 g/mol. The number of oxazole rings is 1. The Balaban J connectivity index is 1.53. The SMILES string of the molecule is Cc1ccccc1-c1nc(S(=O)(=O)c2ccc(Cl)cc2)c(N2CCN(c3ccccc3)CC2)o1. The van der Waals surface area contributed by atoms with Gasteiger partial charge in [0.15, 0.2) is 0 Å². The van der Waals surface area contributed by atoms with Crippen molar-refractivity contribution in [2.24, 2.45) is 0 Å². The second-order valence-electron chi connectivity index (χ2n) is 8.21. The molecule has 1 saturated heterocycles. The van der Waals surface area contributed by atoms with Crippen molar-refractivity contribution >= 4 is 33.0 Å². The van der Waals surface area contributed by atoms with Crippen LogP contribution in [0.4, 0.5) is 11.6 Å². The van der Waals surface area contributed by atoms with E-state index in [1.54, 1.807) is 12.1 Å². The molecule has 2 heterocycles. The van der Waals surface area contributed by atoms with Gasteiger partial charge in [0.2, 0.25) is 26.6 Å². The number of nitrogens with zero attached hydrogens (tertiary/aromatic N) is 3. The summed E-state index contributed by atoms with van der Waals surface area (Å²) >= 11 is 5.98. The molecule has 174 valence electrons. The minimum atomic E-state index is -3.92. The highest BCUT2D eigenvalue weighted by atomic mass is 35.5. The summed E-state index contributed by atoms with van der Waals surface area (Å²) in [4.78, 5) is 8.90. The lowest BCUT2D eigenvalue weighted by atomic mass is 10.1. The number of aryl methyl sites for hydroxylation is 1. The lowest BCUT2D eigenvalue weighted by molar-refractivity contribution is 0.525. The summed E-state index contributed by atoms with van der Waals surface area (Å²) in [6.07, 6.45) is 0. The Hall–Kier alpha value is -3.29. The topological polar surface area (TPSA) is 66.7 Å². The van der Waals surface area contributed by atoms with Crippen LogP contribution in [0.3, 0.4) is 0 Å². The van der Waals surface area contributed by atoms with Gasteiger partial charge in [-0.15, -0.1) is 0 Å². The van der Waals surface area contributed by atoms with Crippen LogP contribution >= 0.6 is 11.6 Å². The number of rotatable bonds is 5. The van der Waals surface area contributed by atoms with E-state index >= 15 is 0 Å². The highest BCUT2D eigenvalue weighted by molar-refractivity contribution is 7.91. The fourth-order valence-electron chi connectivity index (χ4n) is 4.13. The molecule has 1 fully saturated rings. The number of anilines is 2. The van der Waals surface area contributed by atoms with Crippen molar-refractivity contribution in [1.82, 2.24) is 4.98 Å². The quantitative estimate of drug-likeness (QED) is 0.367. The van der Waals surface area contributed by atoms with Crippen LogP contribution in [0.25, 0.3) is 11.5 Å². The Morgan fingerprint density at radius 1 is 0.824 bits per heavy atom. The first-order chi connectivity index (χ1) is 16.4. The van der Waals surface area contributed by atoms with E-state index in [4.69, 9.17) is 16.0 Å². The van der Waals surface area contributed by atoms with Gasteiger partial charge in [-0.05, 0) is 55.0 Å². The molecule has 0 spiro atoms. The van der Waals surface area contributed by atoms with Crippen molar-refractivity contribution in [2.75, 3.05) is 36.0 Å². The third-order valence-corrected chi connectivity index (χ3v) is 7.94. The largest absolute Gasteiger partial charge is 0.419 e. The predicted octanol–water partition coefficient (Wildman–Crippen LogP) is 5.46. The Morgan fingerprint density at radius 3 is 2.12 bits per heavy atom. The number of sulfone groups is 1. The molecular formula is C26H24ClN3O3S. The van der Waals surface area contributed by atoms with Gasteiger partial charge in [0, 0.05) is 42.5 Å². The third kappa shape index (κ3) is 4.29. The second kappa shape index (κ2) is 9.16. The van der Waals surface area contributed by atoms with Crippen LogP contribution in [0.2, 0.25) is 5.02 Å². The second-order valence-corrected chi connectivity index (χ2v) is 10.5. The Morgan fingerprint density at radius 2 is 1.44 bits per heavy atom. The molecule has 0 atom stereocenters. The molecule has 1 aromatic heterocycles. The van der Waals surface area contributed by atoms with Crippen molar-refractivity contribution in [1.29, 1.82) is 0 Å². The van der Waals surface area contributed by atoms with Gasteiger partial charge in [-0.3, -0.25) is 0 Å². The van der Waals surface area contributed by atoms with Crippen molar-refractivity contribution in [3.8, 4) is 11.5 Å². The zero-order valence-electron chi connectivity index (χ0n) is 18.7. The fourth-order valence-corrected chi connectivity index (χ4v) is 5.58. The summed E-state index contributed by atoms with van der Waals surface area (Å²) in [5.74, 6) is 0.576. The maximum atomic E-state index is 13.6. The van der Waals surface area contributed by atoms with Gasteiger partial charge in [0.25, 0.3) is 0 Å². The van der Waals surface area contributed by atoms with Crippen LogP contribution in [-0.2, 0) is 9.84 Å². The number of aromatic nitrogens is 1. The van der Waals surface area contributed by atoms with Crippen LogP contribution in [-0.4, -0.2) is 39.6 Å². The monoisotopic (exact) mass is 493 g/mol. The molecule has 3 aromatic carbocycles. The van der Waals surface area contributed by atoms with Crippen LogP contribution in [0, 0.1) is 6.92 Å². The number of benzene rings is 3. The smallest absolute Gasteiger partial charge is 0.236 e. The van der Waals surface area contributed by atoms with E-state index in [0.717, 1.165) is 29.9 Å². The molecule has 6 nitrogen and oxygen atoms in total. The van der Waals surface area contributed by atoms with E-state index in [1.165, 1.54) is 12.1 Å². The number of hydrogen-bond acceptors (Lipinski definition) is 6. The molecule has 0 N–H and O–H groups in total. The van der Waals surface area contributed by atoms with Gasteiger partial charge in [-0.2, -0.15) is 4.98 Å². The van der Waals surface area contributed by atoms with Gasteiger partial charge in [-0.1, -0.05) is 48.0 Å². The van der Waals surface area contributed by atoms with Crippen LogP contribution in [0.15, 0.2) is 93.2 Å². The molecule has 1 aliphatic heterocycles. The summed E-state index contributed by atoms with van der Waals surface area (Å²) in [5, 5.41) is 0.401. The van der Waals surface area contributed by atoms with E-state index in [2.05, 4.69) is 22.0 Å². The molecule has 0 saturated carbocycles. The number of piperazine rings is 1. The highest BCUT2D eigenvalue weighted by Crippen LogP contribution is 2.36. The molecule has 0 radical (unpaired) electrons. The van der Waals surface area contributed by atoms with Crippen LogP contribution in [0.5, 0.6) is 0 Å². The summed E-state index contributed by atoms with van der Waals surface area (Å²) in [7, 11) is -3.92. The van der Waals surface area contributed by atoms with Crippen molar-refractivity contribution in [3.63, 3.8) is 0 Å². The lowest BCUT2D eigenvalue weighted by Gasteiger charge is -2.36. The first-order valence-corrected chi connectivity index (χ1v) is 12.9. The van der Waals surface area contributed by atoms with E-state index in [9.17, 15) is 8.42 Å². The van der Waals surface area contributed by atoms with Gasteiger partial charge in [-0.25, -0.2) is 8.42 Å². The number of hydrogen-bond donors (Lipinski definition) is 0. The van der Waals surface area contributed by atoms with Crippen LogP contribution in [0.1, 0.15) is 5.56 Å². The first kappa shape index (κ1) is 22.5. The maximum absolute atomic E-state index is 13.6. The highest BCUT2D eigenvalue weighted by Gasteiger charge is 2.33. The molecule has 0 bridgehead atoms. The standard InChI is InChI=1S/C26H24ClN3O3S/c1-19-7-5-6-10-23(19)24-28-25(34(31,32)22-13-11-20(27)12-14-22)26(33-24)30-17-15-29(16-18-30)21-8-3-2-4-9-21/h2-14H,15-18H2,1H3. The molecule has 5 rings (SSSR count). The summed E-state index contributed by atoms with van der Waals surface area (Å²) in [6.45, 7) is 4.65. The zero-order valence-corrected chi connectivity index (χ0v) is 20.3. The Bertz CT molecular complexity index is 1390. The number of halogens is 1. The van der Waals surface area contributed by atoms with Gasteiger partial charge in [0.05, 0.1) is 4.90 Å². The molecule has 8 heteroatoms. The normalized spacial score (nSPS) is 14.4. The Kier molecular flexibility index (Phi) is 6.06. The van der Waals surface area contributed by atoms with E-state index in [1.807, 2.05) is 54.3 Å². The van der Waals surface area contributed by atoms with E-state index in [0.29, 0.717) is 24.0 Å². The van der Waals surface area contributed by atoms with Crippen molar-refractivity contribution < 1.29 is 12.8 Å². The summed E-state index contributed by atoms with van der Waals surface area (Å²) < 4.78 is 33.4. The van der Waals surface area contributed by atoms with Crippen molar-refractivity contribution in [2.45, 2.75) is 16.8 Å². The van der Waals surface area contributed by atoms with Gasteiger partial charge in [0.1, 0.15) is 0 Å². The molecule has 0 amide bonds. The average Bonchev–Trinajstić information content (AvgIpc) is 3.31. The maximum Gasteiger partial charge on any atom is 0.236 e. The third-order valence-electron chi connectivity index (χ3n) is 6.02. The Labute approximate surface area is 204 Å². The molecule has 1 aliphatic rings. The predicted molar refractivity (Wildman–Crippen MR) is 134 cm³/mol. The summed E-state index contributed by atoms with van der Waals surface area (Å²) in [5.41, 5.74) is 2.87. The van der Waals surface area contributed by atoms with Gasteiger partial charge >= 0.3 is 0 Å². The lowest BCUT2D eigenvalue weighted by Crippen LogP contribution is -2.46. The minimum Gasteiger partial charge on any atom is -0.419 e. The minimum absolute atomic E-state index is 0.0683. The average molecular weight is 494 g/mol. The fraction of sp³-hybridized carbons (Fsp3) is 0.192. The van der Waals surface area contributed by atoms with E-state index in [-0.39, 0.29) is 15.8 Å². The van der Waals surface area contributed by atoms with Crippen LogP contribution < -0.4 is 9.80 Å². The van der Waals surface area contributed by atoms with E-state index < -0.39 is 9.84 Å². The molecule has 0 unspecified atom stereocenters. The molecule has 0 aliphatic carbocycles. The van der Waals surface area contributed by atoms with Gasteiger partial charge < -0.3 is 14.2 Å². The molecule has 34 heavy (non-hydrogen) atoms. The molecule has 4 aromatic rings. The zero-order chi connectivity index (χ0) is 23.7. The summed E-state index contributed by atoms with van der Waals surface area (Å²) in [6, 6.07) is 24.0.